The average molecular weight is 251 g/mol. The Kier molecular flexibility index (Phi) is 3.96. The summed E-state index contributed by atoms with van der Waals surface area (Å²) in [6.07, 6.45) is -0.642. The highest BCUT2D eigenvalue weighted by molar-refractivity contribution is 5.68. The molecule has 4 nitrogen and oxygen atoms in total. The zero-order chi connectivity index (χ0) is 13.3. The van der Waals surface area contributed by atoms with Gasteiger partial charge in [-0.25, -0.2) is 13.6 Å². The Labute approximate surface area is 99.5 Å². The van der Waals surface area contributed by atoms with E-state index in [4.69, 9.17) is 9.84 Å². The van der Waals surface area contributed by atoms with Crippen LogP contribution in [0.4, 0.5) is 13.6 Å². The molecule has 1 saturated heterocycles. The van der Waals surface area contributed by atoms with E-state index in [1.807, 2.05) is 0 Å². The molecule has 6 heteroatoms. The van der Waals surface area contributed by atoms with Crippen LogP contribution in [0.5, 0.6) is 0 Å². The standard InChI is InChI=1S/C11H19F2NO3/c1-10(2,3)17-9(16)14-5-4-8(6-15)11(12,13)7-14/h8,15H,4-7H2,1-3H3/t8-/m1/s1. The van der Waals surface area contributed by atoms with E-state index in [1.165, 1.54) is 0 Å². The summed E-state index contributed by atoms with van der Waals surface area (Å²) in [6, 6.07) is 0. The normalized spacial score (nSPS) is 24.6. The molecule has 0 aromatic rings. The van der Waals surface area contributed by atoms with Crippen LogP contribution in [0.25, 0.3) is 0 Å². The molecule has 1 rings (SSSR count). The summed E-state index contributed by atoms with van der Waals surface area (Å²) in [5.74, 6) is -4.12. The fraction of sp³-hybridized carbons (Fsp3) is 0.909. The van der Waals surface area contributed by atoms with Crippen LogP contribution in [-0.2, 0) is 4.74 Å². The second-order valence-corrected chi connectivity index (χ2v) is 5.33. The molecule has 100 valence electrons. The zero-order valence-corrected chi connectivity index (χ0v) is 10.4. The quantitative estimate of drug-likeness (QED) is 0.774. The van der Waals surface area contributed by atoms with E-state index in [9.17, 15) is 13.6 Å². The second kappa shape index (κ2) is 4.76. The number of aliphatic hydroxyl groups is 1. The van der Waals surface area contributed by atoms with E-state index < -0.39 is 36.7 Å². The van der Waals surface area contributed by atoms with E-state index in [2.05, 4.69) is 0 Å². The maximum Gasteiger partial charge on any atom is 0.410 e. The third-order valence-electron chi connectivity index (χ3n) is 2.62. The van der Waals surface area contributed by atoms with Gasteiger partial charge in [-0.3, -0.25) is 0 Å². The molecule has 0 saturated carbocycles. The van der Waals surface area contributed by atoms with Crippen LogP contribution < -0.4 is 0 Å². The Morgan fingerprint density at radius 3 is 2.53 bits per heavy atom. The Bertz CT molecular complexity index is 289. The number of amides is 1. The topological polar surface area (TPSA) is 49.8 Å². The fourth-order valence-electron chi connectivity index (χ4n) is 1.69. The van der Waals surface area contributed by atoms with Crippen LogP contribution in [0.1, 0.15) is 27.2 Å². The van der Waals surface area contributed by atoms with Crippen molar-refractivity contribution in [3.05, 3.63) is 0 Å². The first-order valence-electron chi connectivity index (χ1n) is 5.62. The fourth-order valence-corrected chi connectivity index (χ4v) is 1.69. The molecule has 0 spiro atoms. The molecular weight excluding hydrogens is 232 g/mol. The van der Waals surface area contributed by atoms with Gasteiger partial charge in [-0.05, 0) is 27.2 Å². The maximum atomic E-state index is 13.5. The van der Waals surface area contributed by atoms with Crippen molar-refractivity contribution >= 4 is 6.09 Å². The number of likely N-dealkylation sites (tertiary alicyclic amines) is 1. The van der Waals surface area contributed by atoms with E-state index in [0.29, 0.717) is 0 Å². The van der Waals surface area contributed by atoms with Crippen LogP contribution in [-0.4, -0.2) is 47.3 Å². The predicted molar refractivity (Wildman–Crippen MR) is 57.9 cm³/mol. The maximum absolute atomic E-state index is 13.5. The highest BCUT2D eigenvalue weighted by Gasteiger charge is 2.46. The van der Waals surface area contributed by atoms with Gasteiger partial charge >= 0.3 is 6.09 Å². The molecule has 0 aliphatic carbocycles. The molecule has 1 heterocycles. The number of carbonyl (C=O) groups excluding carboxylic acids is 1. The van der Waals surface area contributed by atoms with Crippen LogP contribution in [0, 0.1) is 5.92 Å². The molecule has 0 bridgehead atoms. The first kappa shape index (κ1) is 14.2. The lowest BCUT2D eigenvalue weighted by Gasteiger charge is -2.38. The molecular formula is C11H19F2NO3. The summed E-state index contributed by atoms with van der Waals surface area (Å²) in [7, 11) is 0. The van der Waals surface area contributed by atoms with Gasteiger partial charge in [0.1, 0.15) is 5.60 Å². The first-order valence-corrected chi connectivity index (χ1v) is 5.62. The lowest BCUT2D eigenvalue weighted by molar-refractivity contribution is -0.122. The molecule has 1 aliphatic rings. The number of alkyl halides is 2. The summed E-state index contributed by atoms with van der Waals surface area (Å²) < 4.78 is 32.0. The molecule has 17 heavy (non-hydrogen) atoms. The number of piperidine rings is 1. The SMILES string of the molecule is CC(C)(C)OC(=O)N1CC[C@H](CO)C(F)(F)C1. The Balaban J connectivity index is 2.62. The lowest BCUT2D eigenvalue weighted by Crippen LogP contribution is -2.52. The van der Waals surface area contributed by atoms with Crippen LogP contribution in [0.15, 0.2) is 0 Å². The Morgan fingerprint density at radius 1 is 1.53 bits per heavy atom. The minimum Gasteiger partial charge on any atom is -0.444 e. The molecule has 1 amide bonds. The van der Waals surface area contributed by atoms with Crippen molar-refractivity contribution in [2.75, 3.05) is 19.7 Å². The van der Waals surface area contributed by atoms with Gasteiger partial charge in [0.15, 0.2) is 0 Å². The van der Waals surface area contributed by atoms with Crippen molar-refractivity contribution in [3.63, 3.8) is 0 Å². The monoisotopic (exact) mass is 251 g/mol. The summed E-state index contributed by atoms with van der Waals surface area (Å²) in [5.41, 5.74) is -0.694. The number of rotatable bonds is 1. The van der Waals surface area contributed by atoms with Crippen molar-refractivity contribution in [2.24, 2.45) is 5.92 Å². The van der Waals surface area contributed by atoms with Gasteiger partial charge in [-0.1, -0.05) is 0 Å². The molecule has 1 fully saturated rings. The van der Waals surface area contributed by atoms with Gasteiger partial charge in [0, 0.05) is 12.5 Å². The number of hydrogen-bond donors (Lipinski definition) is 1. The van der Waals surface area contributed by atoms with Gasteiger partial charge < -0.3 is 14.7 Å². The van der Waals surface area contributed by atoms with Gasteiger partial charge in [-0.2, -0.15) is 0 Å². The van der Waals surface area contributed by atoms with Gasteiger partial charge in [0.05, 0.1) is 13.2 Å². The summed E-state index contributed by atoms with van der Waals surface area (Å²) in [6.45, 7) is 3.99. The van der Waals surface area contributed by atoms with Gasteiger partial charge in [0.25, 0.3) is 5.92 Å². The molecule has 1 atom stereocenters. The number of carbonyl (C=O) groups is 1. The highest BCUT2D eigenvalue weighted by atomic mass is 19.3. The highest BCUT2D eigenvalue weighted by Crippen LogP contribution is 2.33. The summed E-state index contributed by atoms with van der Waals surface area (Å²) in [4.78, 5) is 12.6. The lowest BCUT2D eigenvalue weighted by atomic mass is 9.94. The van der Waals surface area contributed by atoms with Crippen molar-refractivity contribution in [1.29, 1.82) is 0 Å². The van der Waals surface area contributed by atoms with Crippen LogP contribution in [0.3, 0.4) is 0 Å². The molecule has 0 unspecified atom stereocenters. The first-order chi connectivity index (χ1) is 7.65. The predicted octanol–water partition coefficient (Wildman–Crippen LogP) is 1.87. The van der Waals surface area contributed by atoms with Crippen molar-refractivity contribution < 1.29 is 23.4 Å². The van der Waals surface area contributed by atoms with Gasteiger partial charge in [-0.15, -0.1) is 0 Å². The van der Waals surface area contributed by atoms with Crippen molar-refractivity contribution in [1.82, 2.24) is 4.90 Å². The van der Waals surface area contributed by atoms with Crippen LogP contribution >= 0.6 is 0 Å². The number of aliphatic hydroxyl groups excluding tert-OH is 1. The smallest absolute Gasteiger partial charge is 0.410 e. The summed E-state index contributed by atoms with van der Waals surface area (Å²) in [5, 5.41) is 8.82. The van der Waals surface area contributed by atoms with Crippen molar-refractivity contribution in [2.45, 2.75) is 38.7 Å². The van der Waals surface area contributed by atoms with Crippen LogP contribution in [0.2, 0.25) is 0 Å². The Hall–Kier alpha value is -0.910. The molecule has 1 N–H and O–H groups in total. The zero-order valence-electron chi connectivity index (χ0n) is 10.4. The third-order valence-corrected chi connectivity index (χ3v) is 2.62. The molecule has 1 aliphatic heterocycles. The molecule has 0 radical (unpaired) electrons. The molecule has 0 aromatic carbocycles. The average Bonchev–Trinajstić information content (AvgIpc) is 2.13. The van der Waals surface area contributed by atoms with E-state index in [0.717, 1.165) is 4.90 Å². The number of hydrogen-bond acceptors (Lipinski definition) is 3. The number of nitrogens with zero attached hydrogens (tertiary/aromatic N) is 1. The summed E-state index contributed by atoms with van der Waals surface area (Å²) >= 11 is 0. The second-order valence-electron chi connectivity index (χ2n) is 5.33. The van der Waals surface area contributed by atoms with E-state index in [-0.39, 0.29) is 13.0 Å². The van der Waals surface area contributed by atoms with E-state index in [1.54, 1.807) is 20.8 Å². The molecule has 0 aromatic heterocycles. The number of ether oxygens (including phenoxy) is 1. The number of halogens is 2. The largest absolute Gasteiger partial charge is 0.444 e. The minimum atomic E-state index is -3.05. The van der Waals surface area contributed by atoms with Gasteiger partial charge in [0.2, 0.25) is 0 Å². The van der Waals surface area contributed by atoms with Crippen molar-refractivity contribution in [3.8, 4) is 0 Å². The Morgan fingerprint density at radius 2 is 2.12 bits per heavy atom. The third kappa shape index (κ3) is 3.80. The minimum absolute atomic E-state index is 0.0861. The van der Waals surface area contributed by atoms with E-state index >= 15 is 0 Å².